The van der Waals surface area contributed by atoms with Gasteiger partial charge in [-0.25, -0.2) is 0 Å². The summed E-state index contributed by atoms with van der Waals surface area (Å²) in [4.78, 5) is 27.7. The lowest BCUT2D eigenvalue weighted by Crippen LogP contribution is -2.17. The van der Waals surface area contributed by atoms with Crippen molar-refractivity contribution < 1.29 is 4.79 Å². The first-order valence-corrected chi connectivity index (χ1v) is 9.20. The molecule has 0 aliphatic rings. The third-order valence-corrected chi connectivity index (χ3v) is 4.99. The standard InChI is InChI=1S/C22H25N3O2/c1-14-12-15(2)23-22(27)19(14)10-11-21(26)20-13-25(24-16(20)3)17(4)18-8-6-5-7-9-18/h5-9,12-13,17H,10-11H2,1-4H3,(H,23,27). The molecule has 0 aliphatic carbocycles. The van der Waals surface area contributed by atoms with Gasteiger partial charge < -0.3 is 4.98 Å². The first-order chi connectivity index (χ1) is 12.9. The number of Topliss-reactive ketones (excluding diaryl/α,β-unsaturated/α-hetero) is 1. The summed E-state index contributed by atoms with van der Waals surface area (Å²) in [6.07, 6.45) is 2.54. The number of carbonyl (C=O) groups excluding carboxylic acids is 1. The second-order valence-electron chi connectivity index (χ2n) is 7.06. The first-order valence-electron chi connectivity index (χ1n) is 9.20. The minimum Gasteiger partial charge on any atom is -0.326 e. The fourth-order valence-electron chi connectivity index (χ4n) is 3.40. The van der Waals surface area contributed by atoms with Crippen molar-refractivity contribution in [2.45, 2.75) is 46.6 Å². The van der Waals surface area contributed by atoms with Crippen LogP contribution in [-0.4, -0.2) is 20.5 Å². The predicted octanol–water partition coefficient (Wildman–Crippen LogP) is 3.92. The van der Waals surface area contributed by atoms with Crippen molar-refractivity contribution in [2.24, 2.45) is 0 Å². The van der Waals surface area contributed by atoms with Crippen molar-refractivity contribution in [1.82, 2.24) is 14.8 Å². The quantitative estimate of drug-likeness (QED) is 0.675. The zero-order valence-electron chi connectivity index (χ0n) is 16.2. The Hall–Kier alpha value is -2.95. The Morgan fingerprint density at radius 1 is 1.19 bits per heavy atom. The summed E-state index contributed by atoms with van der Waals surface area (Å²) in [5.74, 6) is 0.0124. The number of nitrogens with one attached hydrogen (secondary N) is 1. The van der Waals surface area contributed by atoms with Gasteiger partial charge in [0.2, 0.25) is 0 Å². The average molecular weight is 363 g/mol. The minimum absolute atomic E-state index is 0.0124. The second kappa shape index (κ2) is 7.74. The summed E-state index contributed by atoms with van der Waals surface area (Å²) in [6, 6.07) is 12.1. The van der Waals surface area contributed by atoms with Gasteiger partial charge in [-0.05, 0) is 51.3 Å². The lowest BCUT2D eigenvalue weighted by molar-refractivity contribution is 0.0982. The van der Waals surface area contributed by atoms with E-state index in [1.807, 2.05) is 55.9 Å². The fraction of sp³-hybridized carbons (Fsp3) is 0.318. The first kappa shape index (κ1) is 18.8. The maximum atomic E-state index is 12.7. The molecule has 1 aromatic carbocycles. The highest BCUT2D eigenvalue weighted by molar-refractivity contribution is 5.97. The molecule has 0 saturated carbocycles. The molecule has 5 heteroatoms. The Morgan fingerprint density at radius 3 is 2.56 bits per heavy atom. The predicted molar refractivity (Wildman–Crippen MR) is 106 cm³/mol. The Kier molecular flexibility index (Phi) is 5.40. The molecule has 0 saturated heterocycles. The maximum absolute atomic E-state index is 12.7. The van der Waals surface area contributed by atoms with E-state index in [4.69, 9.17) is 0 Å². The molecule has 3 aromatic rings. The third-order valence-electron chi connectivity index (χ3n) is 4.99. The van der Waals surface area contributed by atoms with E-state index in [0.29, 0.717) is 24.0 Å². The number of hydrogen-bond acceptors (Lipinski definition) is 3. The van der Waals surface area contributed by atoms with E-state index in [-0.39, 0.29) is 17.4 Å². The van der Waals surface area contributed by atoms with Crippen molar-refractivity contribution in [1.29, 1.82) is 0 Å². The van der Waals surface area contributed by atoms with Crippen LogP contribution >= 0.6 is 0 Å². The minimum atomic E-state index is -0.106. The molecule has 2 heterocycles. The highest BCUT2D eigenvalue weighted by Crippen LogP contribution is 2.20. The molecule has 27 heavy (non-hydrogen) atoms. The van der Waals surface area contributed by atoms with Crippen LogP contribution < -0.4 is 5.56 Å². The molecule has 0 fully saturated rings. The van der Waals surface area contributed by atoms with Gasteiger partial charge in [-0.1, -0.05) is 30.3 Å². The van der Waals surface area contributed by atoms with Crippen LogP contribution in [0.3, 0.4) is 0 Å². The summed E-state index contributed by atoms with van der Waals surface area (Å²) in [7, 11) is 0. The number of pyridine rings is 1. The monoisotopic (exact) mass is 363 g/mol. The van der Waals surface area contributed by atoms with E-state index in [2.05, 4.69) is 29.1 Å². The van der Waals surface area contributed by atoms with E-state index < -0.39 is 0 Å². The molecule has 0 aliphatic heterocycles. The molecule has 3 rings (SSSR count). The van der Waals surface area contributed by atoms with E-state index in [1.54, 1.807) is 0 Å². The SMILES string of the molecule is Cc1cc(C)c(CCC(=O)c2cn(C(C)c3ccccc3)nc2C)c(=O)[nH]1. The summed E-state index contributed by atoms with van der Waals surface area (Å²) >= 11 is 0. The molecule has 5 nitrogen and oxygen atoms in total. The Bertz CT molecular complexity index is 1020. The fourth-order valence-corrected chi connectivity index (χ4v) is 3.40. The summed E-state index contributed by atoms with van der Waals surface area (Å²) < 4.78 is 1.84. The number of hydrogen-bond donors (Lipinski definition) is 1. The van der Waals surface area contributed by atoms with Gasteiger partial charge in [-0.15, -0.1) is 0 Å². The molecule has 1 atom stereocenters. The van der Waals surface area contributed by atoms with Crippen LogP contribution in [0, 0.1) is 20.8 Å². The maximum Gasteiger partial charge on any atom is 0.251 e. The van der Waals surface area contributed by atoms with Gasteiger partial charge in [0.15, 0.2) is 5.78 Å². The topological polar surface area (TPSA) is 67.8 Å². The van der Waals surface area contributed by atoms with Crippen LogP contribution in [0.5, 0.6) is 0 Å². The lowest BCUT2D eigenvalue weighted by atomic mass is 10.0. The summed E-state index contributed by atoms with van der Waals surface area (Å²) in [5.41, 5.74) is 4.81. The average Bonchev–Trinajstić information content (AvgIpc) is 3.02. The Morgan fingerprint density at radius 2 is 1.89 bits per heavy atom. The Balaban J connectivity index is 1.76. The summed E-state index contributed by atoms with van der Waals surface area (Å²) in [5, 5.41) is 4.54. The molecule has 0 spiro atoms. The number of aromatic amines is 1. The molecule has 0 bridgehead atoms. The van der Waals surface area contributed by atoms with Crippen molar-refractivity contribution in [2.75, 3.05) is 0 Å². The van der Waals surface area contributed by atoms with Crippen molar-refractivity contribution >= 4 is 5.78 Å². The molecule has 0 radical (unpaired) electrons. The molecular weight excluding hydrogens is 338 g/mol. The van der Waals surface area contributed by atoms with Crippen LogP contribution in [0.25, 0.3) is 0 Å². The normalized spacial score (nSPS) is 12.1. The highest BCUT2D eigenvalue weighted by atomic mass is 16.1. The number of H-pyrrole nitrogens is 1. The Labute approximate surface area is 159 Å². The molecule has 140 valence electrons. The van der Waals surface area contributed by atoms with E-state index >= 15 is 0 Å². The lowest BCUT2D eigenvalue weighted by Gasteiger charge is -2.12. The van der Waals surface area contributed by atoms with Crippen LogP contribution in [0.1, 0.15) is 57.8 Å². The smallest absolute Gasteiger partial charge is 0.251 e. The van der Waals surface area contributed by atoms with Gasteiger partial charge in [0.05, 0.1) is 17.3 Å². The second-order valence-corrected chi connectivity index (χ2v) is 7.06. The number of nitrogens with zero attached hydrogens (tertiary/aromatic N) is 2. The molecule has 2 aromatic heterocycles. The van der Waals surface area contributed by atoms with Crippen LogP contribution in [0.2, 0.25) is 0 Å². The van der Waals surface area contributed by atoms with Crippen LogP contribution in [-0.2, 0) is 6.42 Å². The number of benzene rings is 1. The van der Waals surface area contributed by atoms with E-state index in [9.17, 15) is 9.59 Å². The summed E-state index contributed by atoms with van der Waals surface area (Å²) in [6.45, 7) is 7.68. The van der Waals surface area contributed by atoms with Gasteiger partial charge in [0.25, 0.3) is 5.56 Å². The largest absolute Gasteiger partial charge is 0.326 e. The number of ketones is 1. The number of aryl methyl sites for hydroxylation is 3. The van der Waals surface area contributed by atoms with Gasteiger partial charge >= 0.3 is 0 Å². The van der Waals surface area contributed by atoms with Crippen molar-refractivity contribution in [3.63, 3.8) is 0 Å². The van der Waals surface area contributed by atoms with Gasteiger partial charge in [0, 0.05) is 23.9 Å². The molecule has 1 N–H and O–H groups in total. The van der Waals surface area contributed by atoms with Crippen LogP contribution in [0.15, 0.2) is 47.4 Å². The van der Waals surface area contributed by atoms with Gasteiger partial charge in [-0.3, -0.25) is 14.3 Å². The van der Waals surface area contributed by atoms with Crippen molar-refractivity contribution in [3.8, 4) is 0 Å². The number of rotatable bonds is 6. The highest BCUT2D eigenvalue weighted by Gasteiger charge is 2.17. The van der Waals surface area contributed by atoms with E-state index in [0.717, 1.165) is 22.5 Å². The zero-order chi connectivity index (χ0) is 19.6. The molecule has 0 amide bonds. The molecule has 1 unspecified atom stereocenters. The van der Waals surface area contributed by atoms with Gasteiger partial charge in [0.1, 0.15) is 0 Å². The zero-order valence-corrected chi connectivity index (χ0v) is 16.2. The number of carbonyl (C=O) groups is 1. The number of aromatic nitrogens is 3. The molecular formula is C22H25N3O2. The third kappa shape index (κ3) is 4.08. The van der Waals surface area contributed by atoms with Crippen LogP contribution in [0.4, 0.5) is 0 Å². The van der Waals surface area contributed by atoms with Gasteiger partial charge in [-0.2, -0.15) is 5.10 Å². The van der Waals surface area contributed by atoms with Crippen molar-refractivity contribution in [3.05, 3.63) is 86.6 Å². The van der Waals surface area contributed by atoms with E-state index in [1.165, 1.54) is 0 Å².